The van der Waals surface area contributed by atoms with Crippen LogP contribution in [0.15, 0.2) is 48.7 Å². The molecule has 2 heterocycles. The zero-order valence-electron chi connectivity index (χ0n) is 14.8. The van der Waals surface area contributed by atoms with Crippen LogP contribution in [0.2, 0.25) is 0 Å². The van der Waals surface area contributed by atoms with Crippen molar-refractivity contribution in [2.45, 2.75) is 25.4 Å². The van der Waals surface area contributed by atoms with E-state index in [-0.39, 0.29) is 6.61 Å². The first-order valence-electron chi connectivity index (χ1n) is 8.95. The van der Waals surface area contributed by atoms with Gasteiger partial charge in [-0.15, -0.1) is 0 Å². The molecule has 1 aliphatic rings. The van der Waals surface area contributed by atoms with Crippen LogP contribution in [0, 0.1) is 0 Å². The summed E-state index contributed by atoms with van der Waals surface area (Å²) in [7, 11) is 2.19. The Morgan fingerprint density at radius 3 is 3.00 bits per heavy atom. The molecule has 1 aromatic heterocycles. The first kappa shape index (κ1) is 17.7. The summed E-state index contributed by atoms with van der Waals surface area (Å²) in [5.41, 5.74) is 1.23. The predicted octanol–water partition coefficient (Wildman–Crippen LogP) is 2.55. The van der Waals surface area contributed by atoms with Gasteiger partial charge in [0.25, 0.3) is 0 Å². The normalized spacial score (nSPS) is 17.7. The summed E-state index contributed by atoms with van der Waals surface area (Å²) in [6.07, 6.45) is 4.26. The number of rotatable bonds is 7. The number of aliphatic hydroxyl groups excluding tert-OH is 1. The molecule has 0 unspecified atom stereocenters. The third kappa shape index (κ3) is 4.94. The topological polar surface area (TPSA) is 48.8 Å². The van der Waals surface area contributed by atoms with Crippen LogP contribution < -0.4 is 9.64 Å². The number of aliphatic hydroxyl groups is 1. The van der Waals surface area contributed by atoms with Gasteiger partial charge in [-0.25, -0.2) is 4.98 Å². The van der Waals surface area contributed by atoms with Gasteiger partial charge in [0.15, 0.2) is 0 Å². The van der Waals surface area contributed by atoms with Gasteiger partial charge in [0, 0.05) is 31.9 Å². The molecule has 0 aliphatic carbocycles. The van der Waals surface area contributed by atoms with Gasteiger partial charge in [0.2, 0.25) is 0 Å². The van der Waals surface area contributed by atoms with E-state index >= 15 is 0 Å². The summed E-state index contributed by atoms with van der Waals surface area (Å²) in [6.45, 7) is 3.34. The van der Waals surface area contributed by atoms with Gasteiger partial charge in [-0.3, -0.25) is 4.90 Å². The van der Waals surface area contributed by atoms with Crippen LogP contribution in [-0.4, -0.2) is 54.4 Å². The minimum atomic E-state index is 0.0373. The Labute approximate surface area is 149 Å². The highest BCUT2D eigenvalue weighted by Gasteiger charge is 2.24. The molecule has 0 bridgehead atoms. The highest BCUT2D eigenvalue weighted by Crippen LogP contribution is 2.22. The van der Waals surface area contributed by atoms with Crippen molar-refractivity contribution in [1.82, 2.24) is 9.88 Å². The Balaban J connectivity index is 1.60. The lowest BCUT2D eigenvalue weighted by atomic mass is 10.0. The molecule has 2 aromatic rings. The van der Waals surface area contributed by atoms with Gasteiger partial charge in [-0.05, 0) is 49.7 Å². The second-order valence-corrected chi connectivity index (χ2v) is 6.56. The maximum Gasteiger partial charge on any atom is 0.128 e. The minimum absolute atomic E-state index is 0.0373. The van der Waals surface area contributed by atoms with Gasteiger partial charge in [0.05, 0.1) is 6.61 Å². The van der Waals surface area contributed by atoms with E-state index in [2.05, 4.69) is 40.0 Å². The Morgan fingerprint density at radius 1 is 1.28 bits per heavy atom. The van der Waals surface area contributed by atoms with E-state index in [1.54, 1.807) is 0 Å². The van der Waals surface area contributed by atoms with Gasteiger partial charge >= 0.3 is 0 Å². The van der Waals surface area contributed by atoms with Crippen molar-refractivity contribution in [3.05, 3.63) is 54.2 Å². The molecule has 0 spiro atoms. The minimum Gasteiger partial charge on any atom is -0.491 e. The molecule has 3 rings (SSSR count). The summed E-state index contributed by atoms with van der Waals surface area (Å²) in [5, 5.41) is 8.89. The van der Waals surface area contributed by atoms with E-state index in [0.717, 1.165) is 31.2 Å². The summed E-state index contributed by atoms with van der Waals surface area (Å²) in [5.74, 6) is 1.89. The molecule has 0 amide bonds. The second-order valence-electron chi connectivity index (χ2n) is 6.56. The van der Waals surface area contributed by atoms with Crippen LogP contribution in [0.5, 0.6) is 5.75 Å². The summed E-state index contributed by atoms with van der Waals surface area (Å²) < 4.78 is 5.51. The van der Waals surface area contributed by atoms with E-state index in [1.165, 1.54) is 18.4 Å². The summed E-state index contributed by atoms with van der Waals surface area (Å²) in [4.78, 5) is 9.29. The van der Waals surface area contributed by atoms with Gasteiger partial charge in [0.1, 0.15) is 18.2 Å². The molecule has 25 heavy (non-hydrogen) atoms. The molecule has 1 aliphatic heterocycles. The van der Waals surface area contributed by atoms with Crippen LogP contribution in [0.3, 0.4) is 0 Å². The Hall–Kier alpha value is -2.11. The lowest BCUT2D eigenvalue weighted by Gasteiger charge is -2.38. The van der Waals surface area contributed by atoms with Gasteiger partial charge in [-0.1, -0.05) is 18.2 Å². The number of piperidine rings is 1. The van der Waals surface area contributed by atoms with E-state index in [1.807, 2.05) is 30.5 Å². The molecular weight excluding hydrogens is 314 g/mol. The fourth-order valence-electron chi connectivity index (χ4n) is 3.38. The van der Waals surface area contributed by atoms with Crippen LogP contribution in [0.25, 0.3) is 0 Å². The highest BCUT2D eigenvalue weighted by molar-refractivity contribution is 5.38. The number of benzene rings is 1. The fraction of sp³-hybridized carbons (Fsp3) is 0.450. The predicted molar refractivity (Wildman–Crippen MR) is 100.0 cm³/mol. The molecule has 1 aromatic carbocycles. The fourth-order valence-corrected chi connectivity index (χ4v) is 3.38. The van der Waals surface area contributed by atoms with Crippen LogP contribution in [0.1, 0.15) is 18.4 Å². The smallest absolute Gasteiger partial charge is 0.128 e. The average Bonchev–Trinajstić information content (AvgIpc) is 2.67. The number of likely N-dealkylation sites (N-methyl/N-ethyl adjacent to an activating group) is 1. The van der Waals surface area contributed by atoms with E-state index < -0.39 is 0 Å². The highest BCUT2D eigenvalue weighted by atomic mass is 16.5. The molecule has 1 atom stereocenters. The maximum atomic E-state index is 8.89. The first-order valence-corrected chi connectivity index (χ1v) is 8.95. The Bertz CT molecular complexity index is 650. The molecule has 1 saturated heterocycles. The van der Waals surface area contributed by atoms with E-state index in [4.69, 9.17) is 9.84 Å². The summed E-state index contributed by atoms with van der Waals surface area (Å²) in [6, 6.07) is 14.7. The second kappa shape index (κ2) is 8.83. The van der Waals surface area contributed by atoms with Crippen LogP contribution >= 0.6 is 0 Å². The number of hydrogen-bond donors (Lipinski definition) is 1. The van der Waals surface area contributed by atoms with Gasteiger partial charge < -0.3 is 14.7 Å². The molecule has 0 saturated carbocycles. The number of hydrogen-bond acceptors (Lipinski definition) is 5. The molecule has 1 fully saturated rings. The lowest BCUT2D eigenvalue weighted by molar-refractivity contribution is 0.199. The third-order valence-electron chi connectivity index (χ3n) is 4.68. The van der Waals surface area contributed by atoms with Crippen molar-refractivity contribution in [2.75, 3.05) is 38.3 Å². The monoisotopic (exact) mass is 341 g/mol. The van der Waals surface area contributed by atoms with E-state index in [0.29, 0.717) is 12.6 Å². The van der Waals surface area contributed by atoms with Crippen molar-refractivity contribution in [2.24, 2.45) is 0 Å². The number of ether oxygens (including phenoxy) is 1. The van der Waals surface area contributed by atoms with Gasteiger partial charge in [-0.2, -0.15) is 0 Å². The molecule has 5 heteroatoms. The van der Waals surface area contributed by atoms with Crippen molar-refractivity contribution < 1.29 is 9.84 Å². The zero-order chi connectivity index (χ0) is 17.5. The molecule has 5 nitrogen and oxygen atoms in total. The number of pyridine rings is 1. The first-order chi connectivity index (χ1) is 12.3. The molecule has 1 N–H and O–H groups in total. The number of nitrogens with zero attached hydrogens (tertiary/aromatic N) is 3. The zero-order valence-corrected chi connectivity index (χ0v) is 14.8. The van der Waals surface area contributed by atoms with Crippen molar-refractivity contribution in [1.29, 1.82) is 0 Å². The average molecular weight is 341 g/mol. The summed E-state index contributed by atoms with van der Waals surface area (Å²) >= 11 is 0. The Kier molecular flexibility index (Phi) is 6.25. The molecule has 134 valence electrons. The SMILES string of the molecule is CN(Cc1cccc(OCCO)c1)[C@@H]1CCCN(c2ccccn2)C1. The number of aromatic nitrogens is 1. The van der Waals surface area contributed by atoms with Crippen molar-refractivity contribution >= 4 is 5.82 Å². The quantitative estimate of drug-likeness (QED) is 0.839. The molecular formula is C20H27N3O2. The van der Waals surface area contributed by atoms with Crippen LogP contribution in [-0.2, 0) is 6.54 Å². The number of anilines is 1. The maximum absolute atomic E-state index is 8.89. The van der Waals surface area contributed by atoms with Crippen molar-refractivity contribution in [3.8, 4) is 5.75 Å². The standard InChI is InChI=1S/C20H27N3O2/c1-22(15-17-6-4-8-19(14-17)25-13-12-24)18-7-5-11-23(16-18)20-9-2-3-10-21-20/h2-4,6,8-10,14,18,24H,5,7,11-13,15-16H2,1H3/t18-/m1/s1. The molecule has 0 radical (unpaired) electrons. The van der Waals surface area contributed by atoms with E-state index in [9.17, 15) is 0 Å². The Morgan fingerprint density at radius 2 is 2.20 bits per heavy atom. The lowest BCUT2D eigenvalue weighted by Crippen LogP contribution is -2.46. The van der Waals surface area contributed by atoms with Crippen LogP contribution in [0.4, 0.5) is 5.82 Å². The largest absolute Gasteiger partial charge is 0.491 e. The van der Waals surface area contributed by atoms with Crippen molar-refractivity contribution in [3.63, 3.8) is 0 Å². The third-order valence-corrected chi connectivity index (χ3v) is 4.68.